The number of nitrogen functional groups attached to an aromatic ring is 1. The lowest BCUT2D eigenvalue weighted by molar-refractivity contribution is 0.415. The number of anilines is 1. The number of nitrogens with two attached hydrogens (primary N) is 1. The van der Waals surface area contributed by atoms with Crippen molar-refractivity contribution < 1.29 is 9.13 Å². The normalized spacial score (nSPS) is 10.4. The molecule has 0 radical (unpaired) electrons. The molecule has 0 aliphatic carbocycles. The zero-order valence-electron chi connectivity index (χ0n) is 8.42. The Bertz CT molecular complexity index is 527. The Labute approximate surface area is 105 Å². The van der Waals surface area contributed by atoms with E-state index >= 15 is 0 Å². The number of benzene rings is 1. The van der Waals surface area contributed by atoms with Gasteiger partial charge in [-0.15, -0.1) is 0 Å². The van der Waals surface area contributed by atoms with Crippen molar-refractivity contribution in [2.24, 2.45) is 0 Å². The monoisotopic (exact) mass is 333 g/mol. The molecule has 0 saturated carbocycles. The van der Waals surface area contributed by atoms with Gasteiger partial charge in [-0.25, -0.2) is 4.39 Å². The van der Waals surface area contributed by atoms with Crippen LogP contribution < -0.4 is 10.5 Å². The van der Waals surface area contributed by atoms with Crippen LogP contribution in [0.25, 0.3) is 11.3 Å². The molecule has 0 aliphatic rings. The number of aromatic nitrogens is 2. The van der Waals surface area contributed by atoms with Gasteiger partial charge in [0, 0.05) is 5.56 Å². The third-order valence-electron chi connectivity index (χ3n) is 2.16. The third-order valence-corrected chi connectivity index (χ3v) is 3.26. The number of methoxy groups -OCH3 is 1. The molecule has 0 spiro atoms. The number of hydrogen-bond donors (Lipinski definition) is 2. The molecule has 0 fully saturated rings. The second kappa shape index (κ2) is 4.28. The first-order valence-corrected chi connectivity index (χ1v) is 5.54. The van der Waals surface area contributed by atoms with Gasteiger partial charge < -0.3 is 10.5 Å². The van der Waals surface area contributed by atoms with E-state index in [0.29, 0.717) is 22.8 Å². The van der Waals surface area contributed by atoms with Crippen molar-refractivity contribution in [2.45, 2.75) is 0 Å². The Kier molecular flexibility index (Phi) is 2.99. The van der Waals surface area contributed by atoms with Crippen LogP contribution in [0.15, 0.2) is 18.2 Å². The number of nitrogens with zero attached hydrogens (tertiary/aromatic N) is 1. The molecular weight excluding hydrogens is 324 g/mol. The summed E-state index contributed by atoms with van der Waals surface area (Å²) < 4.78 is 19.1. The molecule has 0 unspecified atom stereocenters. The van der Waals surface area contributed by atoms with Crippen molar-refractivity contribution in [3.05, 3.63) is 27.6 Å². The van der Waals surface area contributed by atoms with Gasteiger partial charge in [-0.05, 0) is 40.8 Å². The van der Waals surface area contributed by atoms with Gasteiger partial charge in [0.2, 0.25) is 0 Å². The molecule has 2 rings (SSSR count). The van der Waals surface area contributed by atoms with E-state index in [0.717, 1.165) is 3.57 Å². The smallest absolute Gasteiger partial charge is 0.159 e. The van der Waals surface area contributed by atoms with Crippen molar-refractivity contribution in [1.82, 2.24) is 10.2 Å². The van der Waals surface area contributed by atoms with Crippen molar-refractivity contribution in [3.8, 4) is 17.0 Å². The van der Waals surface area contributed by atoms with Crippen molar-refractivity contribution in [3.63, 3.8) is 0 Å². The number of halogens is 2. The molecule has 1 aromatic heterocycles. The molecular formula is C10H9FIN3O. The topological polar surface area (TPSA) is 63.9 Å². The first kappa shape index (κ1) is 11.2. The van der Waals surface area contributed by atoms with Crippen LogP contribution in [0.1, 0.15) is 0 Å². The number of nitrogens with one attached hydrogen (secondary N) is 1. The van der Waals surface area contributed by atoms with E-state index in [-0.39, 0.29) is 5.82 Å². The summed E-state index contributed by atoms with van der Waals surface area (Å²) in [5.41, 5.74) is 6.89. The van der Waals surface area contributed by atoms with Crippen LogP contribution >= 0.6 is 22.6 Å². The van der Waals surface area contributed by atoms with Crippen molar-refractivity contribution >= 4 is 28.4 Å². The van der Waals surface area contributed by atoms with E-state index in [1.807, 2.05) is 0 Å². The van der Waals surface area contributed by atoms with E-state index in [9.17, 15) is 4.39 Å². The molecule has 0 bridgehead atoms. The summed E-state index contributed by atoms with van der Waals surface area (Å²) in [5.74, 6) is 0.629. The van der Waals surface area contributed by atoms with E-state index in [2.05, 4.69) is 32.8 Å². The highest BCUT2D eigenvalue weighted by molar-refractivity contribution is 14.1. The summed E-state index contributed by atoms with van der Waals surface area (Å²) in [7, 11) is 1.53. The lowest BCUT2D eigenvalue weighted by atomic mass is 10.1. The predicted octanol–water partition coefficient (Wildman–Crippen LogP) is 2.41. The van der Waals surface area contributed by atoms with Gasteiger partial charge in [0.15, 0.2) is 5.82 Å². The highest BCUT2D eigenvalue weighted by Gasteiger charge is 2.14. The zero-order chi connectivity index (χ0) is 11.7. The second-order valence-electron chi connectivity index (χ2n) is 3.14. The lowest BCUT2D eigenvalue weighted by Crippen LogP contribution is -1.91. The second-order valence-corrected chi connectivity index (χ2v) is 4.22. The van der Waals surface area contributed by atoms with E-state index < -0.39 is 0 Å². The summed E-state index contributed by atoms with van der Waals surface area (Å²) >= 11 is 2.05. The first-order valence-electron chi connectivity index (χ1n) is 4.46. The molecule has 0 saturated heterocycles. The first-order chi connectivity index (χ1) is 7.63. The van der Waals surface area contributed by atoms with E-state index in [4.69, 9.17) is 10.5 Å². The third kappa shape index (κ3) is 1.84. The number of rotatable bonds is 2. The molecule has 0 atom stereocenters. The zero-order valence-corrected chi connectivity index (χ0v) is 10.6. The summed E-state index contributed by atoms with van der Waals surface area (Å²) in [6, 6.07) is 4.29. The van der Waals surface area contributed by atoms with Crippen LogP contribution in [0, 0.1) is 9.39 Å². The molecule has 2 aromatic rings. The molecule has 6 heteroatoms. The summed E-state index contributed by atoms with van der Waals surface area (Å²) in [6.07, 6.45) is 0. The summed E-state index contributed by atoms with van der Waals surface area (Å²) in [4.78, 5) is 0. The van der Waals surface area contributed by atoms with Crippen LogP contribution in [0.3, 0.4) is 0 Å². The standard InChI is InChI=1S/C10H9FIN3O/c1-16-7-3-2-5(11)4-6(7)9-8(12)10(13)15-14-9/h2-4H,1H3,(H3,13,14,15). The maximum atomic E-state index is 13.2. The molecule has 1 aromatic carbocycles. The Morgan fingerprint density at radius 3 is 2.81 bits per heavy atom. The summed E-state index contributed by atoms with van der Waals surface area (Å²) in [6.45, 7) is 0. The summed E-state index contributed by atoms with van der Waals surface area (Å²) in [5, 5.41) is 6.63. The van der Waals surface area contributed by atoms with E-state index in [1.165, 1.54) is 19.2 Å². The van der Waals surface area contributed by atoms with Gasteiger partial charge in [0.25, 0.3) is 0 Å². The Hall–Kier alpha value is -1.31. The van der Waals surface area contributed by atoms with Crippen LogP contribution in [-0.2, 0) is 0 Å². The Morgan fingerprint density at radius 1 is 1.50 bits per heavy atom. The molecule has 4 nitrogen and oxygen atoms in total. The average Bonchev–Trinajstić information content (AvgIpc) is 2.60. The van der Waals surface area contributed by atoms with Crippen LogP contribution in [0.2, 0.25) is 0 Å². The van der Waals surface area contributed by atoms with Gasteiger partial charge in [-0.1, -0.05) is 0 Å². The average molecular weight is 333 g/mol. The minimum absolute atomic E-state index is 0.334. The highest BCUT2D eigenvalue weighted by Crippen LogP contribution is 2.33. The number of hydrogen-bond acceptors (Lipinski definition) is 3. The highest BCUT2D eigenvalue weighted by atomic mass is 127. The Balaban J connectivity index is 2.62. The number of ether oxygens (including phenoxy) is 1. The van der Waals surface area contributed by atoms with Crippen LogP contribution in [0.4, 0.5) is 10.2 Å². The minimum Gasteiger partial charge on any atom is -0.496 e. The van der Waals surface area contributed by atoms with E-state index in [1.54, 1.807) is 6.07 Å². The largest absolute Gasteiger partial charge is 0.496 e. The Morgan fingerprint density at radius 2 is 2.25 bits per heavy atom. The molecule has 84 valence electrons. The molecule has 0 amide bonds. The predicted molar refractivity (Wildman–Crippen MR) is 67.7 cm³/mol. The van der Waals surface area contributed by atoms with Gasteiger partial charge in [0.1, 0.15) is 11.6 Å². The fourth-order valence-electron chi connectivity index (χ4n) is 1.40. The number of aromatic amines is 1. The van der Waals surface area contributed by atoms with Gasteiger partial charge in [0.05, 0.1) is 16.4 Å². The van der Waals surface area contributed by atoms with Crippen LogP contribution in [-0.4, -0.2) is 17.3 Å². The van der Waals surface area contributed by atoms with Gasteiger partial charge >= 0.3 is 0 Å². The molecule has 1 heterocycles. The molecule has 0 aliphatic heterocycles. The van der Waals surface area contributed by atoms with Crippen molar-refractivity contribution in [2.75, 3.05) is 12.8 Å². The number of H-pyrrole nitrogens is 1. The van der Waals surface area contributed by atoms with Gasteiger partial charge in [-0.2, -0.15) is 5.10 Å². The minimum atomic E-state index is -0.334. The molecule has 16 heavy (non-hydrogen) atoms. The SMILES string of the molecule is COc1ccc(F)cc1-c1[nH]nc(N)c1I. The lowest BCUT2D eigenvalue weighted by Gasteiger charge is -2.06. The fraction of sp³-hybridized carbons (Fsp3) is 0.100. The quantitative estimate of drug-likeness (QED) is 0.830. The molecule has 3 N–H and O–H groups in total. The maximum absolute atomic E-state index is 13.2. The van der Waals surface area contributed by atoms with Crippen LogP contribution in [0.5, 0.6) is 5.75 Å². The van der Waals surface area contributed by atoms with Crippen molar-refractivity contribution in [1.29, 1.82) is 0 Å². The fourth-order valence-corrected chi connectivity index (χ4v) is 1.93. The maximum Gasteiger partial charge on any atom is 0.159 e. The van der Waals surface area contributed by atoms with Gasteiger partial charge in [-0.3, -0.25) is 5.10 Å².